The molecular formula is C15H24N2O2. The summed E-state index contributed by atoms with van der Waals surface area (Å²) in [6.45, 7) is 3.18. The van der Waals surface area contributed by atoms with Crippen molar-refractivity contribution in [2.45, 2.75) is 25.0 Å². The van der Waals surface area contributed by atoms with Gasteiger partial charge in [0.05, 0.1) is 6.10 Å². The van der Waals surface area contributed by atoms with Crippen molar-refractivity contribution in [2.24, 2.45) is 0 Å². The first-order valence-electron chi connectivity index (χ1n) is 6.89. The number of aliphatic hydroxyl groups is 1. The van der Waals surface area contributed by atoms with Gasteiger partial charge in [-0.15, -0.1) is 0 Å². The molecule has 1 aliphatic rings. The number of phenols is 1. The van der Waals surface area contributed by atoms with Gasteiger partial charge in [0.25, 0.3) is 0 Å². The van der Waals surface area contributed by atoms with Crippen molar-refractivity contribution >= 4 is 0 Å². The van der Waals surface area contributed by atoms with Crippen molar-refractivity contribution in [1.82, 2.24) is 9.80 Å². The van der Waals surface area contributed by atoms with Crippen molar-refractivity contribution < 1.29 is 10.2 Å². The number of aliphatic hydroxyl groups excluding tert-OH is 1. The zero-order chi connectivity index (χ0) is 13.8. The summed E-state index contributed by atoms with van der Waals surface area (Å²) < 4.78 is 0. The second-order valence-electron chi connectivity index (χ2n) is 5.66. The molecule has 4 nitrogen and oxygen atoms in total. The van der Waals surface area contributed by atoms with Crippen LogP contribution in [0.4, 0.5) is 0 Å². The average Bonchev–Trinajstić information content (AvgIpc) is 2.37. The maximum absolute atomic E-state index is 10.2. The Bertz CT molecular complexity index is 394. The highest BCUT2D eigenvalue weighted by atomic mass is 16.3. The lowest BCUT2D eigenvalue weighted by Crippen LogP contribution is -2.51. The van der Waals surface area contributed by atoms with Gasteiger partial charge in [-0.05, 0) is 44.6 Å². The highest BCUT2D eigenvalue weighted by molar-refractivity contribution is 5.26. The first kappa shape index (κ1) is 14.3. The Balaban J connectivity index is 1.86. The lowest BCUT2D eigenvalue weighted by atomic mass is 9.99. The number of aromatic hydroxyl groups is 1. The predicted octanol–water partition coefficient (Wildman–Crippen LogP) is 0.931. The summed E-state index contributed by atoms with van der Waals surface area (Å²) >= 11 is 0. The Hall–Kier alpha value is -1.10. The fourth-order valence-corrected chi connectivity index (χ4v) is 2.66. The van der Waals surface area contributed by atoms with Gasteiger partial charge in [0.1, 0.15) is 5.75 Å². The van der Waals surface area contributed by atoms with Crippen molar-refractivity contribution in [2.75, 3.05) is 33.7 Å². The highest BCUT2D eigenvalue weighted by Crippen LogP contribution is 2.16. The summed E-state index contributed by atoms with van der Waals surface area (Å²) in [5.41, 5.74) is 1.07. The second-order valence-corrected chi connectivity index (χ2v) is 5.66. The molecule has 19 heavy (non-hydrogen) atoms. The maximum Gasteiger partial charge on any atom is 0.115 e. The molecule has 1 fully saturated rings. The van der Waals surface area contributed by atoms with Gasteiger partial charge in [-0.1, -0.05) is 12.1 Å². The van der Waals surface area contributed by atoms with Crippen molar-refractivity contribution in [3.05, 3.63) is 29.8 Å². The first-order valence-corrected chi connectivity index (χ1v) is 6.89. The van der Waals surface area contributed by atoms with Crippen LogP contribution in [0.5, 0.6) is 5.75 Å². The van der Waals surface area contributed by atoms with Crippen LogP contribution in [0.1, 0.15) is 12.0 Å². The van der Waals surface area contributed by atoms with E-state index in [1.807, 2.05) is 12.1 Å². The van der Waals surface area contributed by atoms with E-state index in [4.69, 9.17) is 0 Å². The molecule has 106 valence electrons. The van der Waals surface area contributed by atoms with Gasteiger partial charge in [-0.3, -0.25) is 0 Å². The van der Waals surface area contributed by atoms with E-state index in [0.717, 1.165) is 31.6 Å². The van der Waals surface area contributed by atoms with Crippen LogP contribution >= 0.6 is 0 Å². The second kappa shape index (κ2) is 6.37. The number of phenolic OH excluding ortho intramolecular Hbond substituents is 1. The highest BCUT2D eigenvalue weighted by Gasteiger charge is 2.24. The van der Waals surface area contributed by atoms with Crippen molar-refractivity contribution in [1.29, 1.82) is 0 Å². The minimum Gasteiger partial charge on any atom is -0.508 e. The van der Waals surface area contributed by atoms with Gasteiger partial charge >= 0.3 is 0 Å². The van der Waals surface area contributed by atoms with Crippen LogP contribution in [0.2, 0.25) is 0 Å². The van der Waals surface area contributed by atoms with E-state index in [1.165, 1.54) is 0 Å². The summed E-state index contributed by atoms with van der Waals surface area (Å²) in [4.78, 5) is 4.65. The summed E-state index contributed by atoms with van der Waals surface area (Å²) in [6, 6.07) is 7.50. The van der Waals surface area contributed by atoms with Gasteiger partial charge in [-0.25, -0.2) is 0 Å². The standard InChI is InChI=1S/C15H24N2O2/c1-16-7-8-17(2)13(11-16)10-15(19)9-12-3-5-14(18)6-4-12/h3-6,13,15,18-19H,7-11H2,1-2H3. The minimum atomic E-state index is -0.330. The largest absolute Gasteiger partial charge is 0.508 e. The SMILES string of the molecule is CN1CCN(C)C(CC(O)Cc2ccc(O)cc2)C1. The molecule has 0 saturated carbocycles. The van der Waals surface area contributed by atoms with Crippen LogP contribution in [0.25, 0.3) is 0 Å². The summed E-state index contributed by atoms with van der Waals surface area (Å²) in [6.07, 6.45) is 1.11. The molecule has 0 bridgehead atoms. The molecule has 1 heterocycles. The molecule has 1 saturated heterocycles. The Labute approximate surface area is 115 Å². The molecule has 0 spiro atoms. The molecule has 2 atom stereocenters. The third-order valence-corrected chi connectivity index (χ3v) is 3.93. The molecule has 2 N–H and O–H groups in total. The number of nitrogens with zero attached hydrogens (tertiary/aromatic N) is 2. The van der Waals surface area contributed by atoms with Gasteiger partial charge in [-0.2, -0.15) is 0 Å². The molecule has 0 aliphatic carbocycles. The number of piperazine rings is 1. The van der Waals surface area contributed by atoms with Gasteiger partial charge in [0.2, 0.25) is 0 Å². The van der Waals surface area contributed by atoms with E-state index < -0.39 is 0 Å². The van der Waals surface area contributed by atoms with Crippen LogP contribution in [0.15, 0.2) is 24.3 Å². The van der Waals surface area contributed by atoms with E-state index in [-0.39, 0.29) is 11.9 Å². The Morgan fingerprint density at radius 1 is 1.21 bits per heavy atom. The topological polar surface area (TPSA) is 46.9 Å². The summed E-state index contributed by atoms with van der Waals surface area (Å²) in [7, 11) is 4.26. The summed E-state index contributed by atoms with van der Waals surface area (Å²) in [5, 5.41) is 19.5. The van der Waals surface area contributed by atoms with E-state index >= 15 is 0 Å². The summed E-state index contributed by atoms with van der Waals surface area (Å²) in [5.74, 6) is 0.270. The van der Waals surface area contributed by atoms with E-state index in [1.54, 1.807) is 12.1 Å². The van der Waals surface area contributed by atoms with E-state index in [9.17, 15) is 10.2 Å². The molecular weight excluding hydrogens is 240 g/mol. The smallest absolute Gasteiger partial charge is 0.115 e. The van der Waals surface area contributed by atoms with E-state index in [0.29, 0.717) is 12.5 Å². The monoisotopic (exact) mass is 264 g/mol. The van der Waals surface area contributed by atoms with Crippen molar-refractivity contribution in [3.8, 4) is 5.75 Å². The molecule has 1 aliphatic heterocycles. The van der Waals surface area contributed by atoms with Crippen molar-refractivity contribution in [3.63, 3.8) is 0 Å². The van der Waals surface area contributed by atoms with Crippen LogP contribution in [0, 0.1) is 0 Å². The average molecular weight is 264 g/mol. The normalized spacial score (nSPS) is 23.4. The quantitative estimate of drug-likeness (QED) is 0.849. The molecule has 0 radical (unpaired) electrons. The fraction of sp³-hybridized carbons (Fsp3) is 0.600. The number of benzene rings is 1. The molecule has 2 unspecified atom stereocenters. The van der Waals surface area contributed by atoms with Gasteiger partial charge in [0, 0.05) is 25.7 Å². The lowest BCUT2D eigenvalue weighted by Gasteiger charge is -2.38. The van der Waals surface area contributed by atoms with Gasteiger partial charge in [0.15, 0.2) is 0 Å². The van der Waals surface area contributed by atoms with Crippen LogP contribution in [-0.2, 0) is 6.42 Å². The van der Waals surface area contributed by atoms with E-state index in [2.05, 4.69) is 23.9 Å². The van der Waals surface area contributed by atoms with Crippen LogP contribution in [-0.4, -0.2) is 65.9 Å². The Morgan fingerprint density at radius 3 is 2.58 bits per heavy atom. The predicted molar refractivity (Wildman–Crippen MR) is 76.3 cm³/mol. The molecule has 2 rings (SSSR count). The number of rotatable bonds is 4. The third-order valence-electron chi connectivity index (χ3n) is 3.93. The fourth-order valence-electron chi connectivity index (χ4n) is 2.66. The Morgan fingerprint density at radius 2 is 1.89 bits per heavy atom. The third kappa shape index (κ3) is 4.20. The zero-order valence-corrected chi connectivity index (χ0v) is 11.8. The molecule has 0 amide bonds. The van der Waals surface area contributed by atoms with Crippen LogP contribution in [0.3, 0.4) is 0 Å². The first-order chi connectivity index (χ1) is 9.04. The lowest BCUT2D eigenvalue weighted by molar-refractivity contribution is 0.0639. The molecule has 0 aromatic heterocycles. The number of likely N-dealkylation sites (N-methyl/N-ethyl adjacent to an activating group) is 2. The zero-order valence-electron chi connectivity index (χ0n) is 11.8. The maximum atomic E-state index is 10.2. The van der Waals surface area contributed by atoms with Gasteiger partial charge < -0.3 is 20.0 Å². The molecule has 1 aromatic carbocycles. The molecule has 1 aromatic rings. The van der Waals surface area contributed by atoms with Crippen LogP contribution < -0.4 is 0 Å². The number of hydrogen-bond donors (Lipinski definition) is 2. The Kier molecular flexibility index (Phi) is 4.80. The minimum absolute atomic E-state index is 0.270. The molecule has 4 heteroatoms. The number of hydrogen-bond acceptors (Lipinski definition) is 4.